The van der Waals surface area contributed by atoms with Crippen molar-refractivity contribution in [2.24, 2.45) is 0 Å². The zero-order valence-corrected chi connectivity index (χ0v) is 10.2. The molecule has 1 fully saturated rings. The first kappa shape index (κ1) is 11.1. The zero-order chi connectivity index (χ0) is 11.5. The third-order valence-corrected chi connectivity index (χ3v) is 3.22. The predicted molar refractivity (Wildman–Crippen MR) is 71.2 cm³/mol. The summed E-state index contributed by atoms with van der Waals surface area (Å²) in [6, 6.07) is 6.35. The Bertz CT molecular complexity index is 354. The molecule has 1 heterocycles. The Kier molecular flexibility index (Phi) is 3.22. The molecule has 1 aromatic rings. The fourth-order valence-electron chi connectivity index (χ4n) is 2.24. The number of piperidine rings is 1. The molecule has 0 aliphatic carbocycles. The van der Waals surface area contributed by atoms with Crippen molar-refractivity contribution in [2.75, 3.05) is 42.7 Å². The van der Waals surface area contributed by atoms with Crippen LogP contribution in [0.15, 0.2) is 18.2 Å². The predicted octanol–water partition coefficient (Wildman–Crippen LogP) is 2.33. The van der Waals surface area contributed by atoms with Crippen LogP contribution in [0.2, 0.25) is 0 Å². The van der Waals surface area contributed by atoms with Crippen LogP contribution in [0.4, 0.5) is 17.1 Å². The number of nitrogen functional groups attached to an aromatic ring is 1. The summed E-state index contributed by atoms with van der Waals surface area (Å²) >= 11 is 0. The van der Waals surface area contributed by atoms with Crippen LogP contribution in [0.25, 0.3) is 0 Å². The highest BCUT2D eigenvalue weighted by Gasteiger charge is 2.13. The maximum atomic E-state index is 6.12. The number of benzene rings is 1. The summed E-state index contributed by atoms with van der Waals surface area (Å²) in [6.07, 6.45) is 3.93. The van der Waals surface area contributed by atoms with Crippen LogP contribution in [0.5, 0.6) is 0 Å². The number of nitrogens with zero attached hydrogens (tertiary/aromatic N) is 2. The van der Waals surface area contributed by atoms with E-state index in [-0.39, 0.29) is 0 Å². The summed E-state index contributed by atoms with van der Waals surface area (Å²) < 4.78 is 0. The molecule has 0 aromatic heterocycles. The lowest BCUT2D eigenvalue weighted by Gasteiger charge is -2.30. The molecule has 1 aromatic carbocycles. The third-order valence-electron chi connectivity index (χ3n) is 3.22. The molecule has 0 atom stereocenters. The van der Waals surface area contributed by atoms with Crippen molar-refractivity contribution in [2.45, 2.75) is 19.3 Å². The van der Waals surface area contributed by atoms with Crippen LogP contribution in [0, 0.1) is 0 Å². The van der Waals surface area contributed by atoms with Gasteiger partial charge >= 0.3 is 0 Å². The molecular formula is C13H21N3. The van der Waals surface area contributed by atoms with Gasteiger partial charge < -0.3 is 15.5 Å². The summed E-state index contributed by atoms with van der Waals surface area (Å²) in [5.74, 6) is 0. The fourth-order valence-corrected chi connectivity index (χ4v) is 2.24. The summed E-state index contributed by atoms with van der Waals surface area (Å²) in [7, 11) is 4.07. The average molecular weight is 219 g/mol. The first-order valence-corrected chi connectivity index (χ1v) is 6.00. The van der Waals surface area contributed by atoms with Crippen molar-refractivity contribution < 1.29 is 0 Å². The van der Waals surface area contributed by atoms with E-state index in [1.54, 1.807) is 0 Å². The molecule has 0 unspecified atom stereocenters. The molecule has 16 heavy (non-hydrogen) atoms. The summed E-state index contributed by atoms with van der Waals surface area (Å²) in [5, 5.41) is 0. The molecule has 88 valence electrons. The minimum Gasteiger partial charge on any atom is -0.397 e. The number of anilines is 3. The van der Waals surface area contributed by atoms with Gasteiger partial charge in [0.25, 0.3) is 0 Å². The molecule has 0 spiro atoms. The minimum absolute atomic E-state index is 0.896. The Morgan fingerprint density at radius 2 is 1.81 bits per heavy atom. The molecule has 0 bridgehead atoms. The zero-order valence-electron chi connectivity index (χ0n) is 10.2. The maximum absolute atomic E-state index is 6.12. The molecule has 3 nitrogen and oxygen atoms in total. The first-order chi connectivity index (χ1) is 7.68. The van der Waals surface area contributed by atoms with E-state index in [4.69, 9.17) is 5.73 Å². The van der Waals surface area contributed by atoms with Crippen molar-refractivity contribution in [3.8, 4) is 0 Å². The van der Waals surface area contributed by atoms with Crippen molar-refractivity contribution in [3.63, 3.8) is 0 Å². The highest BCUT2D eigenvalue weighted by Crippen LogP contribution is 2.29. The van der Waals surface area contributed by atoms with Gasteiger partial charge in [0.2, 0.25) is 0 Å². The molecule has 1 saturated heterocycles. The number of hydrogen-bond acceptors (Lipinski definition) is 3. The van der Waals surface area contributed by atoms with E-state index in [0.29, 0.717) is 0 Å². The van der Waals surface area contributed by atoms with Gasteiger partial charge in [-0.2, -0.15) is 0 Å². The molecule has 2 N–H and O–H groups in total. The highest BCUT2D eigenvalue weighted by molar-refractivity contribution is 5.73. The van der Waals surface area contributed by atoms with Crippen LogP contribution in [0.3, 0.4) is 0 Å². The Balaban J connectivity index is 2.21. The summed E-state index contributed by atoms with van der Waals surface area (Å²) in [5.41, 5.74) is 9.38. The van der Waals surface area contributed by atoms with Crippen LogP contribution in [0.1, 0.15) is 19.3 Å². The Hall–Kier alpha value is -1.38. The molecule has 0 radical (unpaired) electrons. The van der Waals surface area contributed by atoms with E-state index in [0.717, 1.165) is 18.8 Å². The van der Waals surface area contributed by atoms with Crippen LogP contribution < -0.4 is 15.5 Å². The quantitative estimate of drug-likeness (QED) is 0.775. The van der Waals surface area contributed by atoms with Crippen LogP contribution >= 0.6 is 0 Å². The van der Waals surface area contributed by atoms with E-state index in [2.05, 4.69) is 28.0 Å². The second-order valence-corrected chi connectivity index (χ2v) is 4.69. The van der Waals surface area contributed by atoms with Gasteiger partial charge in [-0.3, -0.25) is 0 Å². The van der Waals surface area contributed by atoms with Gasteiger partial charge in [-0.05, 0) is 37.5 Å². The van der Waals surface area contributed by atoms with E-state index in [1.807, 2.05) is 14.1 Å². The van der Waals surface area contributed by atoms with Crippen molar-refractivity contribution >= 4 is 17.1 Å². The van der Waals surface area contributed by atoms with Gasteiger partial charge in [-0.15, -0.1) is 0 Å². The smallest absolute Gasteiger partial charge is 0.0601 e. The molecule has 1 aliphatic rings. The lowest BCUT2D eigenvalue weighted by molar-refractivity contribution is 0.578. The number of rotatable bonds is 2. The maximum Gasteiger partial charge on any atom is 0.0601 e. The van der Waals surface area contributed by atoms with Crippen LogP contribution in [-0.2, 0) is 0 Å². The van der Waals surface area contributed by atoms with E-state index >= 15 is 0 Å². The molecule has 2 rings (SSSR count). The van der Waals surface area contributed by atoms with Crippen molar-refractivity contribution in [3.05, 3.63) is 18.2 Å². The topological polar surface area (TPSA) is 32.5 Å². The van der Waals surface area contributed by atoms with Crippen LogP contribution in [-0.4, -0.2) is 27.2 Å². The van der Waals surface area contributed by atoms with E-state index in [1.165, 1.54) is 30.6 Å². The molecule has 1 aliphatic heterocycles. The van der Waals surface area contributed by atoms with E-state index < -0.39 is 0 Å². The van der Waals surface area contributed by atoms with E-state index in [9.17, 15) is 0 Å². The number of hydrogen-bond donors (Lipinski definition) is 1. The van der Waals surface area contributed by atoms with Gasteiger partial charge in [0, 0.05) is 32.9 Å². The molecule has 0 saturated carbocycles. The second-order valence-electron chi connectivity index (χ2n) is 4.69. The Morgan fingerprint density at radius 1 is 1.12 bits per heavy atom. The minimum atomic E-state index is 0.896. The van der Waals surface area contributed by atoms with Gasteiger partial charge in [0.05, 0.1) is 11.4 Å². The fraction of sp³-hybridized carbons (Fsp3) is 0.538. The average Bonchev–Trinajstić information content (AvgIpc) is 2.30. The summed E-state index contributed by atoms with van der Waals surface area (Å²) in [4.78, 5) is 4.48. The standard InChI is InChI=1S/C13H21N3/c1-15(2)11-6-7-13(12(14)10-11)16-8-4-3-5-9-16/h6-7,10H,3-5,8-9,14H2,1-2H3. The normalized spacial score (nSPS) is 16.2. The summed E-state index contributed by atoms with van der Waals surface area (Å²) in [6.45, 7) is 2.29. The first-order valence-electron chi connectivity index (χ1n) is 6.00. The molecular weight excluding hydrogens is 198 g/mol. The highest BCUT2D eigenvalue weighted by atomic mass is 15.1. The lowest BCUT2D eigenvalue weighted by atomic mass is 10.1. The molecule has 0 amide bonds. The second kappa shape index (κ2) is 4.64. The Morgan fingerprint density at radius 3 is 2.38 bits per heavy atom. The Labute approximate surface area is 97.8 Å². The van der Waals surface area contributed by atoms with Gasteiger partial charge in [-0.1, -0.05) is 0 Å². The SMILES string of the molecule is CN(C)c1ccc(N2CCCCC2)c(N)c1. The van der Waals surface area contributed by atoms with Gasteiger partial charge in [0.15, 0.2) is 0 Å². The van der Waals surface area contributed by atoms with Gasteiger partial charge in [-0.25, -0.2) is 0 Å². The van der Waals surface area contributed by atoms with Crippen molar-refractivity contribution in [1.29, 1.82) is 0 Å². The monoisotopic (exact) mass is 219 g/mol. The lowest BCUT2D eigenvalue weighted by Crippen LogP contribution is -2.30. The number of nitrogens with two attached hydrogens (primary N) is 1. The third kappa shape index (κ3) is 2.23. The molecule has 3 heteroatoms. The van der Waals surface area contributed by atoms with Gasteiger partial charge in [0.1, 0.15) is 0 Å². The van der Waals surface area contributed by atoms with Crippen molar-refractivity contribution in [1.82, 2.24) is 0 Å². The largest absolute Gasteiger partial charge is 0.397 e.